The van der Waals surface area contributed by atoms with Gasteiger partial charge in [0.05, 0.1) is 12.5 Å². The molecule has 0 heterocycles. The van der Waals surface area contributed by atoms with E-state index in [-0.39, 0.29) is 18.9 Å². The van der Waals surface area contributed by atoms with Crippen LogP contribution in [0, 0.1) is 5.92 Å². The number of nitrogens with zero attached hydrogens (tertiary/aromatic N) is 1. The number of nitrogens with one attached hydrogen (secondary N) is 3. The summed E-state index contributed by atoms with van der Waals surface area (Å²) in [7, 11) is 0. The molecule has 5 atom stereocenters. The van der Waals surface area contributed by atoms with Crippen molar-refractivity contribution in [3.05, 3.63) is 0 Å². The Kier molecular flexibility index (Phi) is 14.9. The molecule has 0 aliphatic rings. The van der Waals surface area contributed by atoms with Gasteiger partial charge < -0.3 is 48.5 Å². The molecule has 3 amide bonds. The molecular weight excluding hydrogens is 494 g/mol. The minimum absolute atomic E-state index is 0.106. The first-order chi connectivity index (χ1) is 17.2. The number of guanidine groups is 1. The van der Waals surface area contributed by atoms with Gasteiger partial charge in [-0.15, -0.1) is 0 Å². The molecule has 37 heavy (non-hydrogen) atoms. The van der Waals surface area contributed by atoms with Gasteiger partial charge in [-0.3, -0.25) is 29.0 Å². The minimum Gasteiger partial charge on any atom is -0.481 e. The highest BCUT2D eigenvalue weighted by atomic mass is 16.4. The highest BCUT2D eigenvalue weighted by Crippen LogP contribution is 2.11. The van der Waals surface area contributed by atoms with E-state index in [9.17, 15) is 28.8 Å². The predicted molar refractivity (Wildman–Crippen MR) is 130 cm³/mol. The molecule has 12 N–H and O–H groups in total. The molecule has 0 aromatic carbocycles. The summed E-state index contributed by atoms with van der Waals surface area (Å²) in [5.74, 6) is -7.51. The molecule has 0 bridgehead atoms. The monoisotopic (exact) mass is 531 g/mol. The van der Waals surface area contributed by atoms with Crippen LogP contribution in [0.25, 0.3) is 0 Å². The second-order valence-electron chi connectivity index (χ2n) is 8.42. The van der Waals surface area contributed by atoms with Crippen molar-refractivity contribution in [1.82, 2.24) is 16.0 Å². The standard InChI is InChI=1S/C21H37N7O9/c1-3-10(2)16(28-17(33)11(22)5-4-8-25-21(23)24)19(35)26-12(6-7-14(29)30)18(34)27-13(20(36)37)9-15(31)32/h10-13,16H,3-9,22H2,1-2H3,(H,26,35)(H,27,34)(H,28,33)(H,29,30)(H,31,32)(H,36,37)(H4,23,24,25). The van der Waals surface area contributed by atoms with Crippen molar-refractivity contribution >= 4 is 41.6 Å². The third-order valence-corrected chi connectivity index (χ3v) is 5.37. The zero-order valence-corrected chi connectivity index (χ0v) is 20.8. The van der Waals surface area contributed by atoms with E-state index < -0.39 is 85.0 Å². The van der Waals surface area contributed by atoms with E-state index in [1.807, 2.05) is 5.32 Å². The highest BCUT2D eigenvalue weighted by Gasteiger charge is 2.33. The van der Waals surface area contributed by atoms with Crippen LogP contribution in [-0.2, 0) is 28.8 Å². The molecular formula is C21H37N7O9. The largest absolute Gasteiger partial charge is 0.481 e. The lowest BCUT2D eigenvalue weighted by molar-refractivity contribution is -0.147. The van der Waals surface area contributed by atoms with Crippen LogP contribution in [0.4, 0.5) is 0 Å². The molecule has 16 heteroatoms. The molecule has 0 aliphatic carbocycles. The summed E-state index contributed by atoms with van der Waals surface area (Å²) in [6.45, 7) is 3.66. The fourth-order valence-corrected chi connectivity index (χ4v) is 3.06. The molecule has 0 aromatic heterocycles. The van der Waals surface area contributed by atoms with Crippen LogP contribution in [0.2, 0.25) is 0 Å². The number of carboxylic acids is 3. The first-order valence-corrected chi connectivity index (χ1v) is 11.6. The second kappa shape index (κ2) is 16.7. The molecule has 0 saturated heterocycles. The first-order valence-electron chi connectivity index (χ1n) is 11.6. The van der Waals surface area contributed by atoms with Gasteiger partial charge in [0, 0.05) is 13.0 Å². The summed E-state index contributed by atoms with van der Waals surface area (Å²) in [6.07, 6.45) is -0.878. The van der Waals surface area contributed by atoms with E-state index in [1.54, 1.807) is 13.8 Å². The molecule has 16 nitrogen and oxygen atoms in total. The number of carbonyl (C=O) groups excluding carboxylic acids is 3. The molecule has 0 radical (unpaired) electrons. The second-order valence-corrected chi connectivity index (χ2v) is 8.42. The minimum atomic E-state index is -1.81. The Labute approximate surface area is 213 Å². The Morgan fingerprint density at radius 2 is 1.43 bits per heavy atom. The average Bonchev–Trinajstić information content (AvgIpc) is 2.80. The maximum Gasteiger partial charge on any atom is 0.326 e. The van der Waals surface area contributed by atoms with Crippen LogP contribution in [0.5, 0.6) is 0 Å². The fourth-order valence-electron chi connectivity index (χ4n) is 3.06. The molecule has 0 fully saturated rings. The lowest BCUT2D eigenvalue weighted by Crippen LogP contribution is -2.58. The maximum atomic E-state index is 13.0. The highest BCUT2D eigenvalue weighted by molar-refractivity contribution is 5.95. The van der Waals surface area contributed by atoms with Crippen molar-refractivity contribution in [2.45, 2.75) is 76.5 Å². The van der Waals surface area contributed by atoms with Crippen molar-refractivity contribution in [2.24, 2.45) is 28.1 Å². The number of aliphatic carboxylic acids is 3. The van der Waals surface area contributed by atoms with Gasteiger partial charge in [-0.25, -0.2) is 4.79 Å². The van der Waals surface area contributed by atoms with Gasteiger partial charge >= 0.3 is 17.9 Å². The molecule has 0 spiro atoms. The number of amides is 3. The topological polar surface area (TPSA) is 290 Å². The molecule has 0 aromatic rings. The summed E-state index contributed by atoms with van der Waals surface area (Å²) < 4.78 is 0. The van der Waals surface area contributed by atoms with E-state index >= 15 is 0 Å². The lowest BCUT2D eigenvalue weighted by Gasteiger charge is -2.27. The van der Waals surface area contributed by atoms with Gasteiger partial charge in [-0.1, -0.05) is 20.3 Å². The smallest absolute Gasteiger partial charge is 0.326 e. The lowest BCUT2D eigenvalue weighted by atomic mass is 9.96. The van der Waals surface area contributed by atoms with Gasteiger partial charge in [0.1, 0.15) is 18.1 Å². The van der Waals surface area contributed by atoms with Crippen molar-refractivity contribution in [2.75, 3.05) is 6.54 Å². The number of hydrogen-bond acceptors (Lipinski definition) is 8. The molecule has 0 saturated carbocycles. The van der Waals surface area contributed by atoms with Crippen LogP contribution in [0.15, 0.2) is 4.99 Å². The van der Waals surface area contributed by atoms with Crippen LogP contribution in [-0.4, -0.2) is 87.6 Å². The van der Waals surface area contributed by atoms with Gasteiger partial charge in [-0.2, -0.15) is 0 Å². The van der Waals surface area contributed by atoms with Gasteiger partial charge in [0.25, 0.3) is 0 Å². The number of carboxylic acid groups (broad SMARTS) is 3. The SMILES string of the molecule is CCC(C)C(NC(=O)C(N)CCCN=C(N)N)C(=O)NC(CCC(=O)O)C(=O)NC(CC(=O)O)C(=O)O. The fraction of sp³-hybridized carbons (Fsp3) is 0.667. The zero-order chi connectivity index (χ0) is 28.7. The normalized spacial score (nSPS) is 14.7. The summed E-state index contributed by atoms with van der Waals surface area (Å²) >= 11 is 0. The third-order valence-electron chi connectivity index (χ3n) is 5.37. The van der Waals surface area contributed by atoms with Crippen molar-refractivity contribution < 1.29 is 44.1 Å². The Morgan fingerprint density at radius 3 is 1.92 bits per heavy atom. The summed E-state index contributed by atoms with van der Waals surface area (Å²) in [5, 5.41) is 33.9. The van der Waals surface area contributed by atoms with Gasteiger partial charge in [0.2, 0.25) is 17.7 Å². The van der Waals surface area contributed by atoms with Crippen LogP contribution in [0.1, 0.15) is 52.4 Å². The Morgan fingerprint density at radius 1 is 0.838 bits per heavy atom. The van der Waals surface area contributed by atoms with E-state index in [4.69, 9.17) is 32.5 Å². The van der Waals surface area contributed by atoms with E-state index in [1.165, 1.54) is 0 Å². The van der Waals surface area contributed by atoms with E-state index in [2.05, 4.69) is 15.6 Å². The number of carbonyl (C=O) groups is 6. The number of hydrogen-bond donors (Lipinski definition) is 9. The number of aliphatic imine (C=N–C) groups is 1. The molecule has 0 rings (SSSR count). The maximum absolute atomic E-state index is 13.0. The van der Waals surface area contributed by atoms with E-state index in [0.717, 1.165) is 0 Å². The third kappa shape index (κ3) is 13.6. The Balaban J connectivity index is 5.54. The summed E-state index contributed by atoms with van der Waals surface area (Å²) in [4.78, 5) is 75.3. The number of rotatable bonds is 18. The summed E-state index contributed by atoms with van der Waals surface area (Å²) in [6, 6.07) is -5.48. The zero-order valence-electron chi connectivity index (χ0n) is 20.8. The van der Waals surface area contributed by atoms with Crippen molar-refractivity contribution in [3.63, 3.8) is 0 Å². The molecule has 5 unspecified atom stereocenters. The van der Waals surface area contributed by atoms with Gasteiger partial charge in [0.15, 0.2) is 5.96 Å². The Hall–Kier alpha value is -3.95. The van der Waals surface area contributed by atoms with Crippen molar-refractivity contribution in [1.29, 1.82) is 0 Å². The van der Waals surface area contributed by atoms with Gasteiger partial charge in [-0.05, 0) is 25.2 Å². The molecule has 210 valence electrons. The van der Waals surface area contributed by atoms with Crippen LogP contribution >= 0.6 is 0 Å². The predicted octanol–water partition coefficient (Wildman–Crippen LogP) is -2.71. The van der Waals surface area contributed by atoms with E-state index in [0.29, 0.717) is 12.8 Å². The van der Waals surface area contributed by atoms with Crippen molar-refractivity contribution in [3.8, 4) is 0 Å². The number of nitrogens with two attached hydrogens (primary N) is 3. The first kappa shape index (κ1) is 33.0. The molecule has 0 aliphatic heterocycles. The Bertz CT molecular complexity index is 861. The van der Waals surface area contributed by atoms with Crippen LogP contribution in [0.3, 0.4) is 0 Å². The average molecular weight is 532 g/mol. The quantitative estimate of drug-likeness (QED) is 0.0495. The van der Waals surface area contributed by atoms with Crippen LogP contribution < -0.4 is 33.2 Å². The summed E-state index contributed by atoms with van der Waals surface area (Å²) in [5.41, 5.74) is 16.4.